The van der Waals surface area contributed by atoms with Crippen LogP contribution < -0.4 is 5.32 Å². The van der Waals surface area contributed by atoms with E-state index in [1.807, 2.05) is 49.4 Å². The number of hydrogen-bond acceptors (Lipinski definition) is 4. The minimum Gasteiger partial charge on any atom is -0.347 e. The molecule has 3 aromatic rings. The van der Waals surface area contributed by atoms with Gasteiger partial charge < -0.3 is 5.32 Å². The molecule has 0 saturated heterocycles. The Hall–Kier alpha value is -2.53. The number of rotatable bonds is 4. The number of carbonyl (C=O) groups excluding carboxylic acids is 1. The van der Waals surface area contributed by atoms with Crippen molar-refractivity contribution < 1.29 is 4.79 Å². The lowest BCUT2D eigenvalue weighted by Crippen LogP contribution is -2.23. The van der Waals surface area contributed by atoms with E-state index in [0.29, 0.717) is 12.2 Å². The number of amides is 1. The van der Waals surface area contributed by atoms with Crippen LogP contribution in [-0.4, -0.2) is 15.9 Å². The van der Waals surface area contributed by atoms with Crippen LogP contribution in [0, 0.1) is 6.92 Å². The predicted octanol–water partition coefficient (Wildman–Crippen LogP) is 3.44. The molecule has 0 radical (unpaired) electrons. The minimum atomic E-state index is -0.146. The van der Waals surface area contributed by atoms with E-state index in [1.165, 1.54) is 11.3 Å². The zero-order valence-electron chi connectivity index (χ0n) is 12.1. The summed E-state index contributed by atoms with van der Waals surface area (Å²) in [5.41, 5.74) is 2.54. The van der Waals surface area contributed by atoms with E-state index in [4.69, 9.17) is 0 Å². The van der Waals surface area contributed by atoms with Gasteiger partial charge in [-0.15, -0.1) is 11.3 Å². The molecule has 22 heavy (non-hydrogen) atoms. The van der Waals surface area contributed by atoms with Crippen LogP contribution in [0.1, 0.15) is 20.9 Å². The molecule has 0 aliphatic rings. The van der Waals surface area contributed by atoms with Crippen LogP contribution in [-0.2, 0) is 6.54 Å². The van der Waals surface area contributed by atoms with Crippen LogP contribution in [0.4, 0.5) is 0 Å². The molecule has 4 nitrogen and oxygen atoms in total. The maximum Gasteiger partial charge on any atom is 0.271 e. The third kappa shape index (κ3) is 3.20. The third-order valence-electron chi connectivity index (χ3n) is 3.23. The van der Waals surface area contributed by atoms with Crippen molar-refractivity contribution in [1.82, 2.24) is 15.3 Å². The number of nitrogens with zero attached hydrogens (tertiary/aromatic N) is 2. The molecule has 0 spiro atoms. The summed E-state index contributed by atoms with van der Waals surface area (Å²) in [6.07, 6.45) is 3.42. The van der Waals surface area contributed by atoms with Gasteiger partial charge in [0.05, 0.1) is 0 Å². The van der Waals surface area contributed by atoms with Gasteiger partial charge in [0.15, 0.2) is 0 Å². The molecule has 110 valence electrons. The number of aryl methyl sites for hydroxylation is 1. The van der Waals surface area contributed by atoms with Crippen LogP contribution in [0.5, 0.6) is 0 Å². The van der Waals surface area contributed by atoms with E-state index in [-0.39, 0.29) is 5.91 Å². The van der Waals surface area contributed by atoms with Gasteiger partial charge in [-0.2, -0.15) is 0 Å². The summed E-state index contributed by atoms with van der Waals surface area (Å²) in [6, 6.07) is 13.7. The highest BCUT2D eigenvalue weighted by molar-refractivity contribution is 7.15. The van der Waals surface area contributed by atoms with Crippen molar-refractivity contribution >= 4 is 17.2 Å². The molecule has 2 aromatic heterocycles. The first-order valence-electron chi connectivity index (χ1n) is 6.94. The van der Waals surface area contributed by atoms with Crippen molar-refractivity contribution in [3.05, 3.63) is 71.0 Å². The van der Waals surface area contributed by atoms with Crippen molar-refractivity contribution in [1.29, 1.82) is 0 Å². The van der Waals surface area contributed by atoms with Crippen LogP contribution in [0.2, 0.25) is 0 Å². The molecule has 0 fully saturated rings. The molecule has 3 rings (SSSR count). The maximum atomic E-state index is 12.3. The normalized spacial score (nSPS) is 10.4. The summed E-state index contributed by atoms with van der Waals surface area (Å²) in [5.74, 6) is -0.146. The maximum absolute atomic E-state index is 12.3. The van der Waals surface area contributed by atoms with Gasteiger partial charge in [0.2, 0.25) is 0 Å². The molecule has 0 aliphatic heterocycles. The monoisotopic (exact) mass is 309 g/mol. The smallest absolute Gasteiger partial charge is 0.271 e. The van der Waals surface area contributed by atoms with E-state index in [1.54, 1.807) is 12.4 Å². The Kier molecular flexibility index (Phi) is 4.25. The first-order chi connectivity index (χ1) is 10.7. The zero-order valence-corrected chi connectivity index (χ0v) is 12.9. The molecule has 0 saturated carbocycles. The van der Waals surface area contributed by atoms with Crippen molar-refractivity contribution in [3.63, 3.8) is 0 Å². The Labute approximate surface area is 132 Å². The van der Waals surface area contributed by atoms with Crippen molar-refractivity contribution in [2.24, 2.45) is 0 Å². The molecule has 0 aliphatic carbocycles. The molecule has 1 N–H and O–H groups in total. The van der Waals surface area contributed by atoms with Gasteiger partial charge in [-0.1, -0.05) is 30.3 Å². The van der Waals surface area contributed by atoms with E-state index in [9.17, 15) is 4.79 Å². The van der Waals surface area contributed by atoms with Crippen LogP contribution in [0.15, 0.2) is 54.9 Å². The molecular formula is C17H15N3OS. The fourth-order valence-electron chi connectivity index (χ4n) is 2.08. The lowest BCUT2D eigenvalue weighted by Gasteiger charge is -2.03. The lowest BCUT2D eigenvalue weighted by atomic mass is 10.2. The summed E-state index contributed by atoms with van der Waals surface area (Å²) in [6.45, 7) is 2.39. The minimum absolute atomic E-state index is 0.146. The number of nitrogens with one attached hydrogen (secondary N) is 1. The first-order valence-corrected chi connectivity index (χ1v) is 7.75. The van der Waals surface area contributed by atoms with E-state index >= 15 is 0 Å². The van der Waals surface area contributed by atoms with Crippen LogP contribution >= 0.6 is 11.3 Å². The molecule has 0 atom stereocenters. The molecule has 2 heterocycles. The summed E-state index contributed by atoms with van der Waals surface area (Å²) in [5, 5.41) is 3.77. The summed E-state index contributed by atoms with van der Waals surface area (Å²) >= 11 is 1.54. The molecule has 1 amide bonds. The third-order valence-corrected chi connectivity index (χ3v) is 4.25. The zero-order chi connectivity index (χ0) is 15.4. The highest BCUT2D eigenvalue weighted by atomic mass is 32.1. The largest absolute Gasteiger partial charge is 0.347 e. The molecule has 1 aromatic carbocycles. The average Bonchev–Trinajstić information content (AvgIpc) is 2.96. The van der Waals surface area contributed by atoms with Gasteiger partial charge in [0.25, 0.3) is 5.91 Å². The number of carbonyl (C=O) groups is 1. The number of hydrogen-bond donors (Lipinski definition) is 1. The second-order valence-electron chi connectivity index (χ2n) is 4.83. The average molecular weight is 309 g/mol. The van der Waals surface area contributed by atoms with Gasteiger partial charge in [-0.05, 0) is 24.6 Å². The van der Waals surface area contributed by atoms with E-state index < -0.39 is 0 Å². The molecule has 0 bridgehead atoms. The second kappa shape index (κ2) is 6.49. The number of benzene rings is 1. The quantitative estimate of drug-likeness (QED) is 0.803. The second-order valence-corrected chi connectivity index (χ2v) is 6.03. The van der Waals surface area contributed by atoms with Gasteiger partial charge >= 0.3 is 0 Å². The number of pyridine rings is 1. The highest BCUT2D eigenvalue weighted by Crippen LogP contribution is 2.27. The van der Waals surface area contributed by atoms with E-state index in [2.05, 4.69) is 15.3 Å². The predicted molar refractivity (Wildman–Crippen MR) is 87.7 cm³/mol. The number of thiazole rings is 1. The van der Waals surface area contributed by atoms with Crippen LogP contribution in [0.3, 0.4) is 0 Å². The van der Waals surface area contributed by atoms with Gasteiger partial charge in [-0.25, -0.2) is 4.98 Å². The van der Waals surface area contributed by atoms with Crippen LogP contribution in [0.25, 0.3) is 10.6 Å². The Morgan fingerprint density at radius 2 is 1.86 bits per heavy atom. The highest BCUT2D eigenvalue weighted by Gasteiger charge is 2.15. The van der Waals surface area contributed by atoms with Crippen molar-refractivity contribution in [2.75, 3.05) is 0 Å². The topological polar surface area (TPSA) is 54.9 Å². The Morgan fingerprint density at radius 1 is 1.14 bits per heavy atom. The Bertz CT molecular complexity index is 769. The molecular weight excluding hydrogens is 294 g/mol. The van der Waals surface area contributed by atoms with Gasteiger partial charge in [0.1, 0.15) is 10.7 Å². The Morgan fingerprint density at radius 3 is 2.59 bits per heavy atom. The summed E-state index contributed by atoms with van der Waals surface area (Å²) < 4.78 is 0. The first kappa shape index (κ1) is 14.4. The number of aromatic nitrogens is 2. The van der Waals surface area contributed by atoms with E-state index in [0.717, 1.165) is 21.0 Å². The SMILES string of the molecule is Cc1sc(-c2ccccc2)nc1C(=O)NCc1ccncc1. The Balaban J connectivity index is 1.74. The van der Waals surface area contributed by atoms with Gasteiger partial charge in [-0.3, -0.25) is 9.78 Å². The standard InChI is InChI=1S/C17H15N3OS/c1-12-15(16(21)19-11-13-7-9-18-10-8-13)20-17(22-12)14-5-3-2-4-6-14/h2-10H,11H2,1H3,(H,19,21). The summed E-state index contributed by atoms with van der Waals surface area (Å²) in [7, 11) is 0. The van der Waals surface area contributed by atoms with Crippen molar-refractivity contribution in [2.45, 2.75) is 13.5 Å². The lowest BCUT2D eigenvalue weighted by molar-refractivity contribution is 0.0946. The molecule has 5 heteroatoms. The fourth-order valence-corrected chi connectivity index (χ4v) is 2.99. The summed E-state index contributed by atoms with van der Waals surface area (Å²) in [4.78, 5) is 21.7. The van der Waals surface area contributed by atoms with Crippen molar-refractivity contribution in [3.8, 4) is 10.6 Å². The fraction of sp³-hybridized carbons (Fsp3) is 0.118. The van der Waals surface area contributed by atoms with Gasteiger partial charge in [0, 0.05) is 29.4 Å². The molecule has 0 unspecified atom stereocenters.